The summed E-state index contributed by atoms with van der Waals surface area (Å²) in [5.41, 5.74) is 1.16. The quantitative estimate of drug-likeness (QED) is 0.807. The predicted octanol–water partition coefficient (Wildman–Crippen LogP) is 2.78. The van der Waals surface area contributed by atoms with Crippen LogP contribution in [-0.2, 0) is 11.2 Å². The van der Waals surface area contributed by atoms with E-state index in [-0.39, 0.29) is 6.10 Å². The van der Waals surface area contributed by atoms with E-state index in [4.69, 9.17) is 4.74 Å². The van der Waals surface area contributed by atoms with E-state index < -0.39 is 0 Å². The van der Waals surface area contributed by atoms with Gasteiger partial charge in [0.1, 0.15) is 0 Å². The van der Waals surface area contributed by atoms with Crippen molar-refractivity contribution < 1.29 is 9.84 Å². The van der Waals surface area contributed by atoms with Crippen LogP contribution >= 0.6 is 15.9 Å². The maximum atomic E-state index is 9.78. The third-order valence-corrected chi connectivity index (χ3v) is 3.07. The molecular weight excluding hydrogens is 256 g/mol. The average molecular weight is 273 g/mol. The van der Waals surface area contributed by atoms with E-state index in [1.807, 2.05) is 24.3 Å². The summed E-state index contributed by atoms with van der Waals surface area (Å²) in [4.78, 5) is 0. The van der Waals surface area contributed by atoms with E-state index in [2.05, 4.69) is 15.9 Å². The lowest BCUT2D eigenvalue weighted by molar-refractivity contribution is 0.135. The topological polar surface area (TPSA) is 29.5 Å². The maximum Gasteiger partial charge on any atom is 0.0581 e. The van der Waals surface area contributed by atoms with Crippen molar-refractivity contribution in [2.24, 2.45) is 0 Å². The third-order valence-electron chi connectivity index (χ3n) is 2.30. The Labute approximate surface area is 99.4 Å². The molecule has 1 N–H and O–H groups in total. The number of ether oxygens (including phenoxy) is 1. The molecule has 15 heavy (non-hydrogen) atoms. The second kappa shape index (κ2) is 6.99. The zero-order chi connectivity index (χ0) is 11.1. The first-order chi connectivity index (χ1) is 7.24. The van der Waals surface area contributed by atoms with E-state index in [1.165, 1.54) is 0 Å². The molecule has 1 aromatic carbocycles. The first kappa shape index (κ1) is 12.7. The fourth-order valence-corrected chi connectivity index (χ4v) is 1.93. The molecule has 3 heteroatoms. The Hall–Kier alpha value is -0.380. The van der Waals surface area contributed by atoms with E-state index in [1.54, 1.807) is 7.11 Å². The van der Waals surface area contributed by atoms with Gasteiger partial charge in [-0.3, -0.25) is 0 Å². The number of hydrogen-bond acceptors (Lipinski definition) is 2. The Kier molecular flexibility index (Phi) is 5.91. The van der Waals surface area contributed by atoms with Crippen molar-refractivity contribution >= 4 is 15.9 Å². The summed E-state index contributed by atoms with van der Waals surface area (Å²) in [5.74, 6) is 0. The molecule has 0 spiro atoms. The van der Waals surface area contributed by atoms with Gasteiger partial charge in [0, 0.05) is 18.2 Å². The van der Waals surface area contributed by atoms with Crippen LogP contribution in [0.25, 0.3) is 0 Å². The first-order valence-corrected chi connectivity index (χ1v) is 5.93. The average Bonchev–Trinajstić information content (AvgIpc) is 2.22. The van der Waals surface area contributed by atoms with E-state index in [0.29, 0.717) is 13.0 Å². The van der Waals surface area contributed by atoms with Gasteiger partial charge in [0.15, 0.2) is 0 Å². The largest absolute Gasteiger partial charge is 0.393 e. The fraction of sp³-hybridized carbons (Fsp3) is 0.500. The molecule has 0 saturated heterocycles. The number of hydrogen-bond donors (Lipinski definition) is 1. The van der Waals surface area contributed by atoms with Crippen molar-refractivity contribution in [3.05, 3.63) is 34.3 Å². The molecule has 0 amide bonds. The van der Waals surface area contributed by atoms with Crippen LogP contribution in [0.1, 0.15) is 18.4 Å². The van der Waals surface area contributed by atoms with Crippen LogP contribution in [0.15, 0.2) is 28.7 Å². The molecular formula is C12H17BrO2. The normalized spacial score (nSPS) is 12.7. The Morgan fingerprint density at radius 3 is 2.80 bits per heavy atom. The molecule has 2 nitrogen and oxygen atoms in total. The van der Waals surface area contributed by atoms with Crippen molar-refractivity contribution in [1.82, 2.24) is 0 Å². The molecule has 1 atom stereocenters. The highest BCUT2D eigenvalue weighted by Crippen LogP contribution is 2.18. The molecule has 84 valence electrons. The molecule has 0 aliphatic carbocycles. The summed E-state index contributed by atoms with van der Waals surface area (Å²) < 4.78 is 6.01. The molecule has 0 heterocycles. The highest BCUT2D eigenvalue weighted by Gasteiger charge is 2.07. The molecule has 0 aromatic heterocycles. The lowest BCUT2D eigenvalue weighted by Crippen LogP contribution is -2.11. The van der Waals surface area contributed by atoms with Crippen molar-refractivity contribution in [1.29, 1.82) is 0 Å². The SMILES string of the molecule is COCCCC(O)Cc1ccccc1Br. The van der Waals surface area contributed by atoms with Crippen LogP contribution in [0.2, 0.25) is 0 Å². The molecule has 0 fully saturated rings. The molecule has 0 aliphatic heterocycles. The van der Waals surface area contributed by atoms with Crippen molar-refractivity contribution in [2.45, 2.75) is 25.4 Å². The number of halogens is 1. The van der Waals surface area contributed by atoms with Gasteiger partial charge in [0.2, 0.25) is 0 Å². The van der Waals surface area contributed by atoms with Gasteiger partial charge in [-0.1, -0.05) is 34.1 Å². The van der Waals surface area contributed by atoms with Gasteiger partial charge in [0.05, 0.1) is 6.10 Å². The summed E-state index contributed by atoms with van der Waals surface area (Å²) in [5, 5.41) is 9.78. The zero-order valence-corrected chi connectivity index (χ0v) is 10.5. The van der Waals surface area contributed by atoms with E-state index >= 15 is 0 Å². The number of rotatable bonds is 6. The van der Waals surface area contributed by atoms with Crippen LogP contribution in [0.3, 0.4) is 0 Å². The second-order valence-electron chi connectivity index (χ2n) is 3.58. The molecule has 1 unspecified atom stereocenters. The van der Waals surface area contributed by atoms with Crippen LogP contribution in [-0.4, -0.2) is 24.9 Å². The summed E-state index contributed by atoms with van der Waals surface area (Å²) in [6.45, 7) is 0.715. The minimum absolute atomic E-state index is 0.279. The minimum atomic E-state index is -0.279. The monoisotopic (exact) mass is 272 g/mol. The molecule has 1 aromatic rings. The van der Waals surface area contributed by atoms with Gasteiger partial charge in [-0.05, 0) is 30.9 Å². The Morgan fingerprint density at radius 2 is 2.13 bits per heavy atom. The second-order valence-corrected chi connectivity index (χ2v) is 4.44. The number of methoxy groups -OCH3 is 1. The van der Waals surface area contributed by atoms with Crippen molar-refractivity contribution in [3.8, 4) is 0 Å². The predicted molar refractivity (Wildman–Crippen MR) is 65.0 cm³/mol. The van der Waals surface area contributed by atoms with Gasteiger partial charge in [-0.2, -0.15) is 0 Å². The van der Waals surface area contributed by atoms with Gasteiger partial charge < -0.3 is 9.84 Å². The highest BCUT2D eigenvalue weighted by atomic mass is 79.9. The molecule has 0 bridgehead atoms. The minimum Gasteiger partial charge on any atom is -0.393 e. The van der Waals surface area contributed by atoms with Crippen LogP contribution in [0, 0.1) is 0 Å². The number of aliphatic hydroxyl groups is 1. The van der Waals surface area contributed by atoms with Crippen LogP contribution < -0.4 is 0 Å². The summed E-state index contributed by atoms with van der Waals surface area (Å²) >= 11 is 3.47. The lowest BCUT2D eigenvalue weighted by atomic mass is 10.0. The number of benzene rings is 1. The van der Waals surface area contributed by atoms with Gasteiger partial charge >= 0.3 is 0 Å². The third kappa shape index (κ3) is 4.78. The Morgan fingerprint density at radius 1 is 1.40 bits per heavy atom. The molecule has 0 aliphatic rings. The molecule has 0 saturated carbocycles. The van der Waals surface area contributed by atoms with E-state index in [0.717, 1.165) is 22.9 Å². The fourth-order valence-electron chi connectivity index (χ4n) is 1.48. The van der Waals surface area contributed by atoms with Crippen LogP contribution in [0.4, 0.5) is 0 Å². The standard InChI is InChI=1S/C12H17BrO2/c1-15-8-4-6-11(14)9-10-5-2-3-7-12(10)13/h2-3,5,7,11,14H,4,6,8-9H2,1H3. The molecule has 1 rings (SSSR count). The molecule has 0 radical (unpaired) electrons. The summed E-state index contributed by atoms with van der Waals surface area (Å²) in [6.07, 6.45) is 2.11. The summed E-state index contributed by atoms with van der Waals surface area (Å²) in [7, 11) is 1.68. The Bertz CT molecular complexity index is 289. The highest BCUT2D eigenvalue weighted by molar-refractivity contribution is 9.10. The van der Waals surface area contributed by atoms with Crippen molar-refractivity contribution in [3.63, 3.8) is 0 Å². The van der Waals surface area contributed by atoms with Gasteiger partial charge in [-0.25, -0.2) is 0 Å². The maximum absolute atomic E-state index is 9.78. The van der Waals surface area contributed by atoms with Gasteiger partial charge in [0.25, 0.3) is 0 Å². The van der Waals surface area contributed by atoms with Crippen molar-refractivity contribution in [2.75, 3.05) is 13.7 Å². The summed E-state index contributed by atoms with van der Waals surface area (Å²) in [6, 6.07) is 7.99. The Balaban J connectivity index is 2.37. The smallest absolute Gasteiger partial charge is 0.0581 e. The van der Waals surface area contributed by atoms with Gasteiger partial charge in [-0.15, -0.1) is 0 Å². The first-order valence-electron chi connectivity index (χ1n) is 5.14. The zero-order valence-electron chi connectivity index (χ0n) is 8.95. The number of aliphatic hydroxyl groups excluding tert-OH is 1. The lowest BCUT2D eigenvalue weighted by Gasteiger charge is -2.11. The van der Waals surface area contributed by atoms with E-state index in [9.17, 15) is 5.11 Å². The van der Waals surface area contributed by atoms with Crippen LogP contribution in [0.5, 0.6) is 0 Å².